The Morgan fingerprint density at radius 1 is 0.941 bits per heavy atom. The molecule has 0 aromatic rings. The Kier molecular flexibility index (Phi) is 8.09. The van der Waals surface area contributed by atoms with Gasteiger partial charge in [-0.15, -0.1) is 0 Å². The zero-order valence-electron chi connectivity index (χ0n) is 22.0. The summed E-state index contributed by atoms with van der Waals surface area (Å²) in [6.45, 7) is 13.6. The first-order chi connectivity index (χ1) is 15.8. The fourth-order valence-corrected chi connectivity index (χ4v) is 15.1. The molecule has 0 spiro atoms. The maximum atomic E-state index is 13.2. The number of hydrogen-bond donors (Lipinski definition) is 0. The van der Waals surface area contributed by atoms with Gasteiger partial charge < -0.3 is 4.12 Å². The van der Waals surface area contributed by atoms with Crippen LogP contribution >= 0.6 is 0 Å². The van der Waals surface area contributed by atoms with Crippen molar-refractivity contribution in [2.24, 2.45) is 23.7 Å². The van der Waals surface area contributed by atoms with Crippen LogP contribution in [-0.4, -0.2) is 63.7 Å². The monoisotopic (exact) mass is 506 g/mol. The Hall–Kier alpha value is -1.59. The van der Waals surface area contributed by atoms with Crippen molar-refractivity contribution in [3.63, 3.8) is 0 Å². The average molecular weight is 507 g/mol. The number of nitrogens with zero attached hydrogens (tertiary/aromatic N) is 2. The molecule has 0 saturated carbocycles. The third kappa shape index (κ3) is 5.62. The van der Waals surface area contributed by atoms with Gasteiger partial charge in [-0.25, -0.2) is 0 Å². The van der Waals surface area contributed by atoms with E-state index < -0.39 is 34.4 Å². The van der Waals surface area contributed by atoms with E-state index in [4.69, 9.17) is 4.12 Å². The van der Waals surface area contributed by atoms with E-state index in [-0.39, 0.29) is 36.0 Å². The molecule has 34 heavy (non-hydrogen) atoms. The highest BCUT2D eigenvalue weighted by atomic mass is 28.4. The van der Waals surface area contributed by atoms with Crippen LogP contribution in [0.25, 0.3) is 0 Å². The van der Waals surface area contributed by atoms with Crippen molar-refractivity contribution in [1.82, 2.24) is 9.80 Å². The van der Waals surface area contributed by atoms with Gasteiger partial charge >= 0.3 is 0 Å². The summed E-state index contributed by atoms with van der Waals surface area (Å²) >= 11 is 0. The minimum absolute atomic E-state index is 0.118. The van der Waals surface area contributed by atoms with Gasteiger partial charge in [0.15, 0.2) is 16.6 Å². The molecule has 4 unspecified atom stereocenters. The van der Waals surface area contributed by atoms with Crippen molar-refractivity contribution >= 4 is 40.3 Å². The molecule has 0 bridgehead atoms. The highest BCUT2D eigenvalue weighted by Crippen LogP contribution is 2.44. The zero-order valence-corrected chi connectivity index (χ0v) is 24.0. The lowest BCUT2D eigenvalue weighted by molar-refractivity contribution is -0.141. The average Bonchev–Trinajstić information content (AvgIpc) is 3.14. The molecule has 9 heteroatoms. The van der Waals surface area contributed by atoms with Gasteiger partial charge in [-0.05, 0) is 64.0 Å². The van der Waals surface area contributed by atoms with Crippen LogP contribution in [0.4, 0.5) is 0 Å². The highest BCUT2D eigenvalue weighted by Gasteiger charge is 2.52. The smallest absolute Gasteiger partial charge is 0.236 e. The predicted octanol–water partition coefficient (Wildman–Crippen LogP) is 4.18. The molecule has 1 aliphatic carbocycles. The number of hydrogen-bond acceptors (Lipinski definition) is 5. The molecule has 2 aliphatic heterocycles. The molecular weight excluding hydrogens is 464 g/mol. The van der Waals surface area contributed by atoms with Crippen molar-refractivity contribution in [2.75, 3.05) is 13.6 Å². The molecular formula is C25H42N2O5Si2. The van der Waals surface area contributed by atoms with E-state index in [9.17, 15) is 19.2 Å². The normalized spacial score (nSPS) is 28.1. The Labute approximate surface area is 206 Å². The van der Waals surface area contributed by atoms with Gasteiger partial charge in [0, 0.05) is 20.0 Å². The lowest BCUT2D eigenvalue weighted by Gasteiger charge is -2.34. The van der Waals surface area contributed by atoms with Gasteiger partial charge in [0.1, 0.15) is 0 Å². The van der Waals surface area contributed by atoms with Crippen LogP contribution in [-0.2, 0) is 23.3 Å². The topological polar surface area (TPSA) is 84.0 Å². The minimum Gasteiger partial charge on any atom is -0.455 e. The van der Waals surface area contributed by atoms with E-state index in [2.05, 4.69) is 33.1 Å². The van der Waals surface area contributed by atoms with Gasteiger partial charge in [0.05, 0.1) is 17.8 Å². The first-order valence-electron chi connectivity index (χ1n) is 12.8. The fourth-order valence-electron chi connectivity index (χ4n) is 6.11. The summed E-state index contributed by atoms with van der Waals surface area (Å²) in [7, 11) is -2.02. The quantitative estimate of drug-likeness (QED) is 0.252. The molecule has 190 valence electrons. The predicted molar refractivity (Wildman–Crippen MR) is 137 cm³/mol. The van der Waals surface area contributed by atoms with E-state index >= 15 is 0 Å². The first kappa shape index (κ1) is 27.0. The summed E-state index contributed by atoms with van der Waals surface area (Å²) < 4.78 is 6.66. The van der Waals surface area contributed by atoms with Crippen LogP contribution in [0.1, 0.15) is 46.0 Å². The van der Waals surface area contributed by atoms with Crippen LogP contribution in [0.3, 0.4) is 0 Å². The van der Waals surface area contributed by atoms with Gasteiger partial charge in [0.2, 0.25) is 23.6 Å². The van der Waals surface area contributed by atoms with Crippen molar-refractivity contribution in [3.8, 4) is 0 Å². The van der Waals surface area contributed by atoms with Crippen molar-refractivity contribution in [3.05, 3.63) is 11.6 Å². The lowest BCUT2D eigenvalue weighted by Crippen LogP contribution is -2.44. The van der Waals surface area contributed by atoms with Gasteiger partial charge in [0.25, 0.3) is 0 Å². The van der Waals surface area contributed by atoms with E-state index in [1.54, 1.807) is 0 Å². The number of amides is 4. The number of imide groups is 2. The highest BCUT2D eigenvalue weighted by molar-refractivity contribution is 6.84. The maximum Gasteiger partial charge on any atom is 0.236 e. The number of likely N-dealkylation sites (tertiary alicyclic amines) is 2. The molecule has 0 aromatic heterocycles. The van der Waals surface area contributed by atoms with Crippen LogP contribution in [0.15, 0.2) is 11.6 Å². The molecule has 0 aromatic carbocycles. The SMILES string of the molecule is CCCC[Si](C)(C)O[Si](C)(C)CCCN1C(=O)CC(C2C=C(C)C3C(=O)N(C)C(=O)C3C2)C1=O. The molecule has 3 rings (SSSR count). The number of allylic oxidation sites excluding steroid dienone is 1. The van der Waals surface area contributed by atoms with Gasteiger partial charge in [-0.2, -0.15) is 0 Å². The standard InChI is InChI=1S/C25H42N2O5Si2/c1-8-9-12-33(4,5)32-34(6,7)13-10-11-27-21(28)16-19(24(27)30)18-14-17(2)22-20(15-18)23(29)26(3)25(22)31/h14,18-20,22H,8-13,15-16H2,1-7H3. The van der Waals surface area contributed by atoms with E-state index in [1.165, 1.54) is 35.7 Å². The second-order valence-corrected chi connectivity index (χ2v) is 20.5. The van der Waals surface area contributed by atoms with Crippen LogP contribution in [0.2, 0.25) is 38.3 Å². The largest absolute Gasteiger partial charge is 0.455 e. The van der Waals surface area contributed by atoms with Gasteiger partial charge in [-0.3, -0.25) is 29.0 Å². The van der Waals surface area contributed by atoms with Crippen LogP contribution < -0.4 is 0 Å². The number of rotatable bonds is 10. The summed E-state index contributed by atoms with van der Waals surface area (Å²) in [5.41, 5.74) is 0.849. The fraction of sp³-hybridized carbons (Fsp3) is 0.760. The Morgan fingerprint density at radius 2 is 1.56 bits per heavy atom. The minimum atomic E-state index is -1.87. The summed E-state index contributed by atoms with van der Waals surface area (Å²) in [6, 6.07) is 2.09. The lowest BCUT2D eigenvalue weighted by atomic mass is 9.71. The number of unbranched alkanes of at least 4 members (excludes halogenated alkanes) is 1. The molecule has 2 saturated heterocycles. The molecule has 0 N–H and O–H groups in total. The molecule has 4 atom stereocenters. The van der Waals surface area contributed by atoms with E-state index in [0.717, 1.165) is 18.0 Å². The molecule has 2 heterocycles. The van der Waals surface area contributed by atoms with Crippen molar-refractivity contribution in [1.29, 1.82) is 0 Å². The number of fused-ring (bicyclic) bond motifs is 1. The van der Waals surface area contributed by atoms with Gasteiger partial charge in [-0.1, -0.05) is 31.4 Å². The molecule has 4 amide bonds. The summed E-state index contributed by atoms with van der Waals surface area (Å²) in [5, 5.41) is 0. The Balaban J connectivity index is 1.59. The summed E-state index contributed by atoms with van der Waals surface area (Å²) in [5.74, 6) is -1.99. The molecule has 0 radical (unpaired) electrons. The van der Waals surface area contributed by atoms with Crippen molar-refractivity contribution in [2.45, 2.75) is 84.2 Å². The third-order valence-corrected chi connectivity index (χ3v) is 15.3. The summed E-state index contributed by atoms with van der Waals surface area (Å²) in [6.07, 6.45) is 5.77. The Morgan fingerprint density at radius 3 is 2.18 bits per heavy atom. The van der Waals surface area contributed by atoms with Crippen LogP contribution in [0.5, 0.6) is 0 Å². The molecule has 2 fully saturated rings. The second-order valence-electron chi connectivity index (χ2n) is 11.7. The van der Waals surface area contributed by atoms with Crippen LogP contribution in [0, 0.1) is 23.7 Å². The third-order valence-electron chi connectivity index (χ3n) is 7.78. The van der Waals surface area contributed by atoms with E-state index in [0.29, 0.717) is 13.0 Å². The Bertz CT molecular complexity index is 885. The molecule has 3 aliphatic rings. The maximum absolute atomic E-state index is 13.2. The van der Waals surface area contributed by atoms with E-state index in [1.807, 2.05) is 13.0 Å². The molecule has 7 nitrogen and oxygen atoms in total. The number of carbonyl (C=O) groups excluding carboxylic acids is 4. The first-order valence-corrected chi connectivity index (χ1v) is 19.0. The zero-order chi connectivity index (χ0) is 25.4. The number of carbonyl (C=O) groups is 4. The second kappa shape index (κ2) is 10.2. The summed E-state index contributed by atoms with van der Waals surface area (Å²) in [4.78, 5) is 53.6. The van der Waals surface area contributed by atoms with Crippen molar-refractivity contribution < 1.29 is 23.3 Å².